The van der Waals surface area contributed by atoms with Crippen molar-refractivity contribution in [2.45, 2.75) is 84.0 Å². The molecule has 5 heteroatoms. The molecule has 136 valence electrons. The molecule has 0 aromatic carbocycles. The highest BCUT2D eigenvalue weighted by Crippen LogP contribution is 2.25. The standard InChI is InChI=1S/C18H34O5/c1-4-6-7-8-9-10-11-12-13-20-14-16-15-22-18(3,23-16)17(19)21-5-2/h16H,4-15H2,1-3H3. The van der Waals surface area contributed by atoms with E-state index in [2.05, 4.69) is 6.92 Å². The summed E-state index contributed by atoms with van der Waals surface area (Å²) >= 11 is 0. The summed E-state index contributed by atoms with van der Waals surface area (Å²) in [6.45, 7) is 7.50. The van der Waals surface area contributed by atoms with Gasteiger partial charge < -0.3 is 18.9 Å². The van der Waals surface area contributed by atoms with E-state index >= 15 is 0 Å². The SMILES string of the molecule is CCCCCCCCCCOCC1COC(C)(C(=O)OCC)O1. The summed E-state index contributed by atoms with van der Waals surface area (Å²) in [5, 5.41) is 0. The summed E-state index contributed by atoms with van der Waals surface area (Å²) in [6.07, 6.45) is 10.1. The van der Waals surface area contributed by atoms with Crippen molar-refractivity contribution in [3.63, 3.8) is 0 Å². The number of rotatable bonds is 13. The van der Waals surface area contributed by atoms with Gasteiger partial charge in [0, 0.05) is 13.5 Å². The Balaban J connectivity index is 1.98. The normalized spacial score (nSPS) is 24.0. The van der Waals surface area contributed by atoms with Gasteiger partial charge in [0.2, 0.25) is 0 Å². The number of carbonyl (C=O) groups excluding carboxylic acids is 1. The molecule has 2 atom stereocenters. The first-order chi connectivity index (χ1) is 11.1. The number of hydrogen-bond acceptors (Lipinski definition) is 5. The first-order valence-corrected chi connectivity index (χ1v) is 9.19. The van der Waals surface area contributed by atoms with Gasteiger partial charge in [0.05, 0.1) is 19.8 Å². The minimum absolute atomic E-state index is 0.196. The van der Waals surface area contributed by atoms with Crippen LogP contribution in [0.2, 0.25) is 0 Å². The van der Waals surface area contributed by atoms with Crippen LogP contribution in [0, 0.1) is 0 Å². The first kappa shape index (κ1) is 20.4. The number of hydrogen-bond donors (Lipinski definition) is 0. The number of unbranched alkanes of at least 4 members (excludes halogenated alkanes) is 7. The maximum Gasteiger partial charge on any atom is 0.366 e. The maximum atomic E-state index is 11.7. The van der Waals surface area contributed by atoms with Gasteiger partial charge in [-0.25, -0.2) is 4.79 Å². The highest BCUT2D eigenvalue weighted by molar-refractivity contribution is 5.77. The van der Waals surface area contributed by atoms with Crippen molar-refractivity contribution in [2.75, 3.05) is 26.4 Å². The lowest BCUT2D eigenvalue weighted by molar-refractivity contribution is -0.206. The van der Waals surface area contributed by atoms with Crippen molar-refractivity contribution < 1.29 is 23.7 Å². The third-order valence-corrected chi connectivity index (χ3v) is 4.03. The van der Waals surface area contributed by atoms with Gasteiger partial charge in [0.15, 0.2) is 0 Å². The highest BCUT2D eigenvalue weighted by atomic mass is 16.8. The Morgan fingerprint density at radius 2 is 1.74 bits per heavy atom. The van der Waals surface area contributed by atoms with Gasteiger partial charge in [0.25, 0.3) is 5.79 Å². The molecule has 0 aliphatic carbocycles. The van der Waals surface area contributed by atoms with E-state index < -0.39 is 11.8 Å². The Morgan fingerprint density at radius 3 is 2.39 bits per heavy atom. The summed E-state index contributed by atoms with van der Waals surface area (Å²) in [4.78, 5) is 11.7. The zero-order valence-electron chi connectivity index (χ0n) is 15.1. The Kier molecular flexibility index (Phi) is 10.5. The predicted molar refractivity (Wildman–Crippen MR) is 89.3 cm³/mol. The van der Waals surface area contributed by atoms with Gasteiger partial charge in [-0.2, -0.15) is 0 Å². The van der Waals surface area contributed by atoms with Crippen molar-refractivity contribution in [3.8, 4) is 0 Å². The molecule has 0 aromatic rings. The Hall–Kier alpha value is -0.650. The van der Waals surface area contributed by atoms with Crippen LogP contribution < -0.4 is 0 Å². The van der Waals surface area contributed by atoms with Crippen LogP contribution in [0.5, 0.6) is 0 Å². The van der Waals surface area contributed by atoms with Crippen LogP contribution in [-0.4, -0.2) is 44.3 Å². The van der Waals surface area contributed by atoms with E-state index in [1.165, 1.54) is 44.9 Å². The van der Waals surface area contributed by atoms with Crippen molar-refractivity contribution >= 4 is 5.97 Å². The molecule has 0 spiro atoms. The zero-order chi connectivity index (χ0) is 17.0. The molecule has 0 amide bonds. The molecule has 1 aliphatic heterocycles. The van der Waals surface area contributed by atoms with E-state index in [0.29, 0.717) is 19.8 Å². The summed E-state index contributed by atoms with van der Waals surface area (Å²) in [5.74, 6) is -1.74. The second kappa shape index (κ2) is 11.8. The van der Waals surface area contributed by atoms with Crippen LogP contribution in [0.1, 0.15) is 72.1 Å². The van der Waals surface area contributed by atoms with Crippen LogP contribution in [0.4, 0.5) is 0 Å². The fraction of sp³-hybridized carbons (Fsp3) is 0.944. The van der Waals surface area contributed by atoms with Gasteiger partial charge in [-0.15, -0.1) is 0 Å². The third-order valence-electron chi connectivity index (χ3n) is 4.03. The van der Waals surface area contributed by atoms with Crippen LogP contribution in [0.15, 0.2) is 0 Å². The molecule has 2 unspecified atom stereocenters. The summed E-state index contributed by atoms with van der Waals surface area (Å²) in [5.41, 5.74) is 0. The number of ether oxygens (including phenoxy) is 4. The second-order valence-corrected chi connectivity index (χ2v) is 6.27. The Labute approximate surface area is 141 Å². The summed E-state index contributed by atoms with van der Waals surface area (Å²) in [6, 6.07) is 0. The fourth-order valence-electron chi connectivity index (χ4n) is 2.64. The number of carbonyl (C=O) groups is 1. The van der Waals surface area contributed by atoms with Gasteiger partial charge in [-0.05, 0) is 13.3 Å². The van der Waals surface area contributed by atoms with Gasteiger partial charge in [-0.3, -0.25) is 0 Å². The maximum absolute atomic E-state index is 11.7. The van der Waals surface area contributed by atoms with E-state index in [1.54, 1.807) is 13.8 Å². The lowest BCUT2D eigenvalue weighted by atomic mass is 10.1. The molecule has 1 rings (SSSR count). The average molecular weight is 330 g/mol. The largest absolute Gasteiger partial charge is 0.462 e. The van der Waals surface area contributed by atoms with Crippen LogP contribution >= 0.6 is 0 Å². The molecular formula is C18H34O5. The number of esters is 1. The lowest BCUT2D eigenvalue weighted by Crippen LogP contribution is -2.39. The zero-order valence-corrected chi connectivity index (χ0v) is 15.1. The smallest absolute Gasteiger partial charge is 0.366 e. The minimum Gasteiger partial charge on any atom is -0.462 e. The van der Waals surface area contributed by atoms with E-state index in [1.807, 2.05) is 0 Å². The van der Waals surface area contributed by atoms with Crippen molar-refractivity contribution in [2.24, 2.45) is 0 Å². The average Bonchev–Trinajstić information content (AvgIpc) is 2.92. The fourth-order valence-corrected chi connectivity index (χ4v) is 2.64. The Morgan fingerprint density at radius 1 is 1.09 bits per heavy atom. The molecule has 1 heterocycles. The molecule has 0 saturated carbocycles. The quantitative estimate of drug-likeness (QED) is 0.379. The molecule has 0 N–H and O–H groups in total. The second-order valence-electron chi connectivity index (χ2n) is 6.27. The van der Waals surface area contributed by atoms with Crippen LogP contribution in [0.25, 0.3) is 0 Å². The van der Waals surface area contributed by atoms with E-state index in [-0.39, 0.29) is 6.10 Å². The molecule has 0 bridgehead atoms. The molecule has 5 nitrogen and oxygen atoms in total. The van der Waals surface area contributed by atoms with Crippen molar-refractivity contribution in [1.29, 1.82) is 0 Å². The molecule has 0 radical (unpaired) electrons. The van der Waals surface area contributed by atoms with Gasteiger partial charge in [-0.1, -0.05) is 51.9 Å². The molecule has 1 fully saturated rings. The predicted octanol–water partition coefficient (Wildman–Crippen LogP) is 3.84. The van der Waals surface area contributed by atoms with E-state index in [4.69, 9.17) is 18.9 Å². The molecular weight excluding hydrogens is 296 g/mol. The molecule has 0 aromatic heterocycles. The van der Waals surface area contributed by atoms with Crippen molar-refractivity contribution in [3.05, 3.63) is 0 Å². The van der Waals surface area contributed by atoms with Crippen LogP contribution in [-0.2, 0) is 23.7 Å². The monoisotopic (exact) mass is 330 g/mol. The third kappa shape index (κ3) is 8.13. The molecule has 23 heavy (non-hydrogen) atoms. The first-order valence-electron chi connectivity index (χ1n) is 9.19. The molecule has 1 aliphatic rings. The van der Waals surface area contributed by atoms with Crippen molar-refractivity contribution in [1.82, 2.24) is 0 Å². The van der Waals surface area contributed by atoms with E-state index in [9.17, 15) is 4.79 Å². The molecule has 1 saturated heterocycles. The summed E-state index contributed by atoms with van der Waals surface area (Å²) < 4.78 is 21.6. The van der Waals surface area contributed by atoms with Crippen LogP contribution in [0.3, 0.4) is 0 Å². The topological polar surface area (TPSA) is 54.0 Å². The minimum atomic E-state index is -1.28. The highest BCUT2D eigenvalue weighted by Gasteiger charge is 2.45. The summed E-state index contributed by atoms with van der Waals surface area (Å²) in [7, 11) is 0. The Bertz CT molecular complexity index is 321. The van der Waals surface area contributed by atoms with Gasteiger partial charge >= 0.3 is 5.97 Å². The van der Waals surface area contributed by atoms with E-state index in [0.717, 1.165) is 13.0 Å². The lowest BCUT2D eigenvalue weighted by Gasteiger charge is -2.20. The van der Waals surface area contributed by atoms with Gasteiger partial charge in [0.1, 0.15) is 6.10 Å².